The van der Waals surface area contributed by atoms with Crippen LogP contribution in [0.4, 0.5) is 20.1 Å². The number of benzene rings is 5. The minimum absolute atomic E-state index is 0.00138. The van der Waals surface area contributed by atoms with Crippen molar-refractivity contribution in [2.45, 2.75) is 69.0 Å². The number of carbonyl (C=O) groups excluding carboxylic acids is 9. The number of rotatable bonds is 17. The number of esters is 2. The van der Waals surface area contributed by atoms with Gasteiger partial charge in [-0.15, -0.1) is 11.8 Å². The van der Waals surface area contributed by atoms with Gasteiger partial charge in [0.05, 0.1) is 0 Å². The first-order chi connectivity index (χ1) is 37.5. The Hall–Kier alpha value is -8.98. The number of likely N-dealkylation sites (N-methyl/N-ethyl adjacent to an activating group) is 1. The average Bonchev–Trinajstić information content (AvgIpc) is 3.59. The van der Waals surface area contributed by atoms with Gasteiger partial charge in [0, 0.05) is 31.1 Å². The lowest BCUT2D eigenvalue weighted by atomic mass is 10.0. The first-order valence-electron chi connectivity index (χ1n) is 25.0. The van der Waals surface area contributed by atoms with E-state index in [1.165, 1.54) is 45.8 Å². The van der Waals surface area contributed by atoms with Gasteiger partial charge in [0.2, 0.25) is 5.91 Å². The number of piperazine rings is 1. The zero-order valence-corrected chi connectivity index (χ0v) is 43.8. The number of ether oxygens (including phenoxy) is 4. The zero-order chi connectivity index (χ0) is 55.5. The van der Waals surface area contributed by atoms with E-state index in [0.29, 0.717) is 27.2 Å². The Morgan fingerprint density at radius 1 is 0.654 bits per heavy atom. The van der Waals surface area contributed by atoms with E-state index >= 15 is 0 Å². The van der Waals surface area contributed by atoms with Crippen LogP contribution in [0, 0.1) is 0 Å². The Kier molecular flexibility index (Phi) is 17.6. The Morgan fingerprint density at radius 2 is 1.19 bits per heavy atom. The van der Waals surface area contributed by atoms with Crippen molar-refractivity contribution in [3.05, 3.63) is 185 Å². The maximum Gasteiger partial charge on any atom is 0.411 e. The Balaban J connectivity index is 0.960. The number of hydrogen-bond donors (Lipinski definition) is 4. The number of β-lactam (4-membered cyclic amide) rings is 1. The summed E-state index contributed by atoms with van der Waals surface area (Å²) in [5.74, 6) is -4.90. The van der Waals surface area contributed by atoms with Crippen molar-refractivity contribution in [3.8, 4) is 0 Å². The van der Waals surface area contributed by atoms with Gasteiger partial charge in [-0.3, -0.25) is 34.3 Å². The highest BCUT2D eigenvalue weighted by Crippen LogP contribution is 2.39. The number of thioether (sulfide) groups is 1. The Labute approximate surface area is 453 Å². The van der Waals surface area contributed by atoms with Gasteiger partial charge in [-0.25, -0.2) is 24.0 Å². The van der Waals surface area contributed by atoms with E-state index in [1.54, 1.807) is 82.3 Å². The number of urea groups is 1. The molecule has 0 spiro atoms. The number of nitrogens with one attached hydrogen (secondary N) is 4. The van der Waals surface area contributed by atoms with Crippen LogP contribution in [-0.2, 0) is 47.7 Å². The third-order valence-electron chi connectivity index (χ3n) is 12.5. The molecule has 0 radical (unpaired) electrons. The number of carbonyl (C=O) groups is 9. The standard InChI is InChI=1S/C57H57N7O13S/c1-5-62-31-32-63(50(68)49(62)67)54(71)61-43(47(65)60-44-48(66)64-42(30-33-78-51(44)64)53(70)76-46(38-22-14-8-15-23-38)39-24-16-9-17-25-39)35-26-28-40(29-27-35)58-55(72)74-34-41(59-56(73)77-57(2,3)4)52(69)75-45(36-18-10-6-11-19-36)37-20-12-7-13-21-37/h6-30,41,43-46,51H,5,31-34H2,1-4H3,(H,58,72)(H,59,73)(H,60,65)(H,61,71)/t41?,43-,44-,51-/m1/s1. The van der Waals surface area contributed by atoms with Crippen LogP contribution in [0.15, 0.2) is 157 Å². The van der Waals surface area contributed by atoms with Crippen molar-refractivity contribution in [2.24, 2.45) is 0 Å². The highest BCUT2D eigenvalue weighted by atomic mass is 32.2. The van der Waals surface area contributed by atoms with Gasteiger partial charge in [-0.05, 0) is 73.7 Å². The fourth-order valence-electron chi connectivity index (χ4n) is 8.66. The third-order valence-corrected chi connectivity index (χ3v) is 13.7. The van der Waals surface area contributed by atoms with Gasteiger partial charge in [0.15, 0.2) is 18.2 Å². The zero-order valence-electron chi connectivity index (χ0n) is 43.0. The molecular weight excluding hydrogens is 1020 g/mol. The largest absolute Gasteiger partial charge is 0.451 e. The average molecular weight is 1080 g/mol. The van der Waals surface area contributed by atoms with Gasteiger partial charge in [-0.1, -0.05) is 133 Å². The summed E-state index contributed by atoms with van der Waals surface area (Å²) in [6.45, 7) is 6.03. The molecule has 21 heteroatoms. The minimum Gasteiger partial charge on any atom is -0.451 e. The first kappa shape index (κ1) is 55.3. The molecule has 404 valence electrons. The van der Waals surface area contributed by atoms with Gasteiger partial charge < -0.3 is 39.8 Å². The lowest BCUT2D eigenvalue weighted by Gasteiger charge is -2.48. The molecule has 20 nitrogen and oxygen atoms in total. The van der Waals surface area contributed by atoms with Crippen LogP contribution in [0.5, 0.6) is 0 Å². The number of imide groups is 1. The van der Waals surface area contributed by atoms with Crippen LogP contribution in [0.2, 0.25) is 0 Å². The molecule has 2 fully saturated rings. The van der Waals surface area contributed by atoms with E-state index in [4.69, 9.17) is 18.9 Å². The van der Waals surface area contributed by atoms with Crippen molar-refractivity contribution in [3.63, 3.8) is 0 Å². The molecule has 5 aromatic rings. The first-order valence-corrected chi connectivity index (χ1v) is 26.1. The molecule has 0 bridgehead atoms. The predicted octanol–water partition coefficient (Wildman–Crippen LogP) is 6.52. The van der Waals surface area contributed by atoms with Crippen molar-refractivity contribution in [2.75, 3.05) is 37.3 Å². The molecule has 78 heavy (non-hydrogen) atoms. The van der Waals surface area contributed by atoms with Crippen LogP contribution < -0.4 is 21.3 Å². The molecule has 0 aromatic heterocycles. The van der Waals surface area contributed by atoms with Crippen molar-refractivity contribution in [1.82, 2.24) is 30.7 Å². The van der Waals surface area contributed by atoms with Gasteiger partial charge in [0.25, 0.3) is 5.91 Å². The number of alkyl carbamates (subject to hydrolysis) is 1. The summed E-state index contributed by atoms with van der Waals surface area (Å²) in [4.78, 5) is 125. The normalized spacial score (nSPS) is 16.9. The minimum atomic E-state index is -1.58. The number of hydrogen-bond acceptors (Lipinski definition) is 14. The Bertz CT molecular complexity index is 2970. The fraction of sp³-hybridized carbons (Fsp3) is 0.281. The molecule has 3 aliphatic rings. The molecule has 5 aromatic carbocycles. The highest BCUT2D eigenvalue weighted by Gasteiger charge is 2.54. The fourth-order valence-corrected chi connectivity index (χ4v) is 9.86. The van der Waals surface area contributed by atoms with E-state index in [-0.39, 0.29) is 42.3 Å². The van der Waals surface area contributed by atoms with E-state index < -0.39 is 102 Å². The second-order valence-electron chi connectivity index (χ2n) is 19.0. The maximum absolute atomic E-state index is 14.4. The van der Waals surface area contributed by atoms with Crippen LogP contribution in [0.1, 0.15) is 73.8 Å². The third kappa shape index (κ3) is 13.3. The van der Waals surface area contributed by atoms with E-state index in [1.807, 2.05) is 72.8 Å². The molecular formula is C57H57N7O13S. The molecule has 8 amide bonds. The second-order valence-corrected chi connectivity index (χ2v) is 20.2. The quantitative estimate of drug-likeness (QED) is 0.0335. The molecule has 3 aliphatic heterocycles. The maximum atomic E-state index is 14.4. The Morgan fingerprint density at radius 3 is 1.72 bits per heavy atom. The smallest absolute Gasteiger partial charge is 0.411 e. The molecule has 8 rings (SSSR count). The van der Waals surface area contributed by atoms with Gasteiger partial charge in [0.1, 0.15) is 35.4 Å². The summed E-state index contributed by atoms with van der Waals surface area (Å²) in [7, 11) is 0. The molecule has 0 saturated carbocycles. The lowest BCUT2D eigenvalue weighted by Crippen LogP contribution is -2.71. The molecule has 4 N–H and O–H groups in total. The monoisotopic (exact) mass is 1080 g/mol. The predicted molar refractivity (Wildman–Crippen MR) is 285 cm³/mol. The van der Waals surface area contributed by atoms with Gasteiger partial charge in [-0.2, -0.15) is 0 Å². The molecule has 3 heterocycles. The van der Waals surface area contributed by atoms with Crippen molar-refractivity contribution in [1.29, 1.82) is 0 Å². The van der Waals surface area contributed by atoms with E-state index in [9.17, 15) is 43.2 Å². The molecule has 2 saturated heterocycles. The summed E-state index contributed by atoms with van der Waals surface area (Å²) in [5, 5.41) is 9.47. The molecule has 1 unspecified atom stereocenters. The number of fused-ring (bicyclic) bond motifs is 1. The van der Waals surface area contributed by atoms with E-state index in [2.05, 4.69) is 21.3 Å². The van der Waals surface area contributed by atoms with Crippen molar-refractivity contribution >= 4 is 71.2 Å². The summed E-state index contributed by atoms with van der Waals surface area (Å²) in [6, 6.07) is 36.3. The summed E-state index contributed by atoms with van der Waals surface area (Å²) >= 11 is 1.29. The number of nitrogens with zero attached hydrogens (tertiary/aromatic N) is 3. The topological polar surface area (TPSA) is 248 Å². The highest BCUT2D eigenvalue weighted by molar-refractivity contribution is 8.00. The van der Waals surface area contributed by atoms with Gasteiger partial charge >= 0.3 is 42.0 Å². The molecule has 4 atom stereocenters. The lowest BCUT2D eigenvalue weighted by molar-refractivity contribution is -0.154. The number of amides is 8. The van der Waals surface area contributed by atoms with E-state index in [0.717, 1.165) is 0 Å². The molecule has 0 aliphatic carbocycles. The second kappa shape index (κ2) is 24.8. The van der Waals surface area contributed by atoms with Crippen LogP contribution >= 0.6 is 11.8 Å². The van der Waals surface area contributed by atoms with Crippen LogP contribution in [0.25, 0.3) is 0 Å². The van der Waals surface area contributed by atoms with Crippen LogP contribution in [-0.4, -0.2) is 124 Å². The summed E-state index contributed by atoms with van der Waals surface area (Å²) in [6.07, 6.45) is -2.13. The summed E-state index contributed by atoms with van der Waals surface area (Å²) < 4.78 is 22.9. The number of anilines is 1. The van der Waals surface area contributed by atoms with Crippen LogP contribution in [0.3, 0.4) is 0 Å². The summed E-state index contributed by atoms with van der Waals surface area (Å²) in [5.41, 5.74) is 2.01. The van der Waals surface area contributed by atoms with Crippen molar-refractivity contribution < 1.29 is 62.1 Å². The SMILES string of the molecule is CCN1CCN(C(=O)N[C@@H](C(=O)N[C@@H]2C(=O)N3C(C(=O)OC(c4ccccc4)c4ccccc4)=CCS[C@H]23)c2ccc(NC(=O)OCC(NC(=O)OC(C)(C)C)C(=O)OC(c3ccccc3)c3ccccc3)cc2)C(=O)C1=O.